The molecule has 0 fully saturated rings. The van der Waals surface area contributed by atoms with Gasteiger partial charge in [-0.25, -0.2) is 4.79 Å². The first-order chi connectivity index (χ1) is 18.8. The van der Waals surface area contributed by atoms with Gasteiger partial charge in [-0.3, -0.25) is 0 Å². The summed E-state index contributed by atoms with van der Waals surface area (Å²) in [5.41, 5.74) is 1.08. The van der Waals surface area contributed by atoms with Crippen LogP contribution in [0.25, 0.3) is 22.3 Å². The fourth-order valence-electron chi connectivity index (χ4n) is 3.85. The normalized spacial score (nSPS) is 12.6. The molecule has 40 heavy (non-hydrogen) atoms. The molecule has 0 saturated heterocycles. The van der Waals surface area contributed by atoms with Crippen LogP contribution >= 0.6 is 0 Å². The zero-order chi connectivity index (χ0) is 29.1. The van der Waals surface area contributed by atoms with Crippen molar-refractivity contribution in [1.82, 2.24) is 0 Å². The third kappa shape index (κ3) is 7.13. The second kappa shape index (κ2) is 11.3. The number of benzene rings is 4. The van der Waals surface area contributed by atoms with Gasteiger partial charge >= 0.3 is 18.3 Å². The van der Waals surface area contributed by atoms with Crippen LogP contribution < -0.4 is 9.47 Å². The quantitative estimate of drug-likeness (QED) is 0.220. The smallest absolute Gasteiger partial charge is 0.416 e. The largest absolute Gasteiger partial charge is 0.489 e. The van der Waals surface area contributed by atoms with Crippen LogP contribution in [0.2, 0.25) is 0 Å². The molecule has 4 aromatic rings. The highest BCUT2D eigenvalue weighted by molar-refractivity contribution is 5.74. The molecule has 0 aromatic heterocycles. The molecule has 0 radical (unpaired) electrons. The third-order valence-electron chi connectivity index (χ3n) is 5.97. The minimum atomic E-state index is -4.49. The number of hydrogen-bond donors (Lipinski definition) is 1. The van der Waals surface area contributed by atoms with Crippen molar-refractivity contribution in [3.05, 3.63) is 108 Å². The number of halogens is 6. The summed E-state index contributed by atoms with van der Waals surface area (Å²) in [5, 5.41) is 8.97. The number of carboxylic acids is 1. The van der Waals surface area contributed by atoms with Crippen LogP contribution in [0.5, 0.6) is 11.5 Å². The van der Waals surface area contributed by atoms with E-state index < -0.39 is 35.6 Å². The molecule has 0 amide bonds. The van der Waals surface area contributed by atoms with Crippen molar-refractivity contribution in [1.29, 1.82) is 0 Å². The number of carboxylic acid groups (broad SMARTS) is 1. The molecule has 208 valence electrons. The topological polar surface area (TPSA) is 55.8 Å². The van der Waals surface area contributed by atoms with E-state index in [9.17, 15) is 31.1 Å². The molecule has 0 bridgehead atoms. The maximum atomic E-state index is 13.0. The molecule has 0 aliphatic heterocycles. The summed E-state index contributed by atoms with van der Waals surface area (Å²) in [4.78, 5) is 11.0. The van der Waals surface area contributed by atoms with Gasteiger partial charge in [0, 0.05) is 0 Å². The molecule has 4 aromatic carbocycles. The molecule has 10 heteroatoms. The van der Waals surface area contributed by atoms with E-state index in [2.05, 4.69) is 0 Å². The molecule has 4 nitrogen and oxygen atoms in total. The van der Waals surface area contributed by atoms with Crippen molar-refractivity contribution in [3.8, 4) is 33.8 Å². The Morgan fingerprint density at radius 1 is 0.675 bits per heavy atom. The summed E-state index contributed by atoms with van der Waals surface area (Å²) < 4.78 is 89.4. The van der Waals surface area contributed by atoms with E-state index >= 15 is 0 Å². The fourth-order valence-corrected chi connectivity index (χ4v) is 3.85. The number of aliphatic carboxylic acids is 1. The van der Waals surface area contributed by atoms with Crippen molar-refractivity contribution in [2.24, 2.45) is 0 Å². The van der Waals surface area contributed by atoms with Crippen molar-refractivity contribution in [2.45, 2.75) is 32.0 Å². The third-order valence-corrected chi connectivity index (χ3v) is 5.97. The zero-order valence-electron chi connectivity index (χ0n) is 20.9. The minimum Gasteiger partial charge on any atom is -0.489 e. The number of hydrogen-bond acceptors (Lipinski definition) is 3. The zero-order valence-corrected chi connectivity index (χ0v) is 20.9. The number of rotatable bonds is 8. The number of ether oxygens (including phenoxy) is 2. The molecule has 0 aliphatic rings. The summed E-state index contributed by atoms with van der Waals surface area (Å²) >= 11 is 0. The maximum absolute atomic E-state index is 13.0. The predicted octanol–water partition coefficient (Wildman–Crippen LogP) is 8.49. The Bertz CT molecular complexity index is 1380. The highest BCUT2D eigenvalue weighted by Gasteiger charge is 2.31. The first kappa shape index (κ1) is 28.5. The van der Waals surface area contributed by atoms with E-state index in [1.807, 2.05) is 0 Å². The molecule has 0 spiro atoms. The van der Waals surface area contributed by atoms with Crippen LogP contribution in [-0.2, 0) is 23.8 Å². The molecule has 1 atom stereocenters. The van der Waals surface area contributed by atoms with Gasteiger partial charge in [-0.05, 0) is 101 Å². The van der Waals surface area contributed by atoms with Gasteiger partial charge in [0.2, 0.25) is 0 Å². The van der Waals surface area contributed by atoms with Crippen molar-refractivity contribution >= 4 is 5.97 Å². The van der Waals surface area contributed by atoms with E-state index in [4.69, 9.17) is 14.6 Å². The Kier molecular flexibility index (Phi) is 8.08. The van der Waals surface area contributed by atoms with Gasteiger partial charge in [-0.15, -0.1) is 0 Å². The Hall–Kier alpha value is -4.47. The Labute approximate surface area is 225 Å². The molecule has 1 N–H and O–H groups in total. The second-order valence-electron chi connectivity index (χ2n) is 8.93. The first-order valence-electron chi connectivity index (χ1n) is 11.9. The van der Waals surface area contributed by atoms with E-state index in [0.29, 0.717) is 39.3 Å². The first-order valence-corrected chi connectivity index (χ1v) is 11.9. The fraction of sp³-hybridized carbons (Fsp3) is 0.167. The van der Waals surface area contributed by atoms with E-state index in [1.54, 1.807) is 42.5 Å². The average molecular weight is 560 g/mol. The minimum absolute atomic E-state index is 0.0356. The Morgan fingerprint density at radius 2 is 1.10 bits per heavy atom. The lowest BCUT2D eigenvalue weighted by molar-refractivity contribution is -0.144. The lowest BCUT2D eigenvalue weighted by Gasteiger charge is -2.14. The summed E-state index contributed by atoms with van der Waals surface area (Å²) in [6, 6.07) is 20.6. The van der Waals surface area contributed by atoms with Crippen molar-refractivity contribution < 1.29 is 45.7 Å². The molecular weight excluding hydrogens is 538 g/mol. The molecule has 0 aliphatic carbocycles. The maximum Gasteiger partial charge on any atom is 0.416 e. The highest BCUT2D eigenvalue weighted by atomic mass is 19.4. The summed E-state index contributed by atoms with van der Waals surface area (Å²) in [5.74, 6) is -0.348. The van der Waals surface area contributed by atoms with E-state index in [-0.39, 0.29) is 6.61 Å². The Morgan fingerprint density at radius 3 is 1.50 bits per heavy atom. The van der Waals surface area contributed by atoms with Gasteiger partial charge in [0.15, 0.2) is 6.10 Å². The van der Waals surface area contributed by atoms with Crippen molar-refractivity contribution in [2.75, 3.05) is 0 Å². The van der Waals surface area contributed by atoms with Gasteiger partial charge in [0.1, 0.15) is 18.1 Å². The number of alkyl halides is 6. The van der Waals surface area contributed by atoms with Crippen molar-refractivity contribution in [3.63, 3.8) is 0 Å². The van der Waals surface area contributed by atoms with Crippen LogP contribution in [0.15, 0.2) is 91.0 Å². The van der Waals surface area contributed by atoms with Gasteiger partial charge in [-0.2, -0.15) is 26.3 Å². The summed E-state index contributed by atoms with van der Waals surface area (Å²) in [6.45, 7) is 1.43. The van der Waals surface area contributed by atoms with Crippen LogP contribution in [0, 0.1) is 0 Å². The van der Waals surface area contributed by atoms with Crippen LogP contribution in [0.1, 0.15) is 23.6 Å². The van der Waals surface area contributed by atoms with Gasteiger partial charge in [0.05, 0.1) is 11.1 Å². The SMILES string of the molecule is CC(Oc1ccc(OCc2cc(-c3ccc(C(F)(F)F)cc3)cc(-c3ccc(C(F)(F)F)cc3)c2)cc1)C(=O)O. The van der Waals surface area contributed by atoms with Crippen LogP contribution in [-0.4, -0.2) is 17.2 Å². The van der Waals surface area contributed by atoms with Gasteiger partial charge < -0.3 is 14.6 Å². The standard InChI is InChI=1S/C30H22F6O4/c1-18(28(37)38)40-27-12-10-26(11-13-27)39-17-19-14-22(20-2-6-24(7-3-20)29(31,32)33)16-23(15-19)21-4-8-25(9-5-21)30(34,35)36/h2-16,18H,17H2,1H3,(H,37,38). The Balaban J connectivity index is 1.62. The van der Waals surface area contributed by atoms with E-state index in [0.717, 1.165) is 24.3 Å². The van der Waals surface area contributed by atoms with Gasteiger partial charge in [-0.1, -0.05) is 24.3 Å². The average Bonchev–Trinajstić information content (AvgIpc) is 2.91. The summed E-state index contributed by atoms with van der Waals surface area (Å²) in [6.07, 6.45) is -10.0. The lowest BCUT2D eigenvalue weighted by atomic mass is 9.95. The number of carbonyl (C=O) groups is 1. The predicted molar refractivity (Wildman–Crippen MR) is 136 cm³/mol. The summed E-state index contributed by atoms with van der Waals surface area (Å²) in [7, 11) is 0. The van der Waals surface area contributed by atoms with E-state index in [1.165, 1.54) is 31.2 Å². The van der Waals surface area contributed by atoms with Gasteiger partial charge in [0.25, 0.3) is 0 Å². The molecule has 4 rings (SSSR count). The van der Waals surface area contributed by atoms with Crippen LogP contribution in [0.4, 0.5) is 26.3 Å². The monoisotopic (exact) mass is 560 g/mol. The molecular formula is C30H22F6O4. The highest BCUT2D eigenvalue weighted by Crippen LogP contribution is 2.35. The van der Waals surface area contributed by atoms with Crippen LogP contribution in [0.3, 0.4) is 0 Å². The second-order valence-corrected chi connectivity index (χ2v) is 8.93. The lowest BCUT2D eigenvalue weighted by Crippen LogP contribution is -2.22. The molecule has 0 saturated carbocycles. The molecule has 0 heterocycles. The molecule has 1 unspecified atom stereocenters.